The third kappa shape index (κ3) is 4.15. The average Bonchev–Trinajstić information content (AvgIpc) is 2.90. The predicted molar refractivity (Wildman–Crippen MR) is 77.1 cm³/mol. The van der Waals surface area contributed by atoms with E-state index in [4.69, 9.17) is 4.74 Å². The minimum absolute atomic E-state index is 0.134. The molecule has 1 atom stereocenters. The molecule has 0 aliphatic carbocycles. The van der Waals surface area contributed by atoms with Crippen molar-refractivity contribution in [3.8, 4) is 11.6 Å². The zero-order chi connectivity index (χ0) is 17.9. The number of nitrogens with zero attached hydrogens (tertiary/aromatic N) is 3. The molecule has 10 heteroatoms. The van der Waals surface area contributed by atoms with Gasteiger partial charge in [0.25, 0.3) is 0 Å². The van der Waals surface area contributed by atoms with E-state index in [9.17, 15) is 23.3 Å². The number of hydrogen-bond acceptors (Lipinski definition) is 5. The third-order valence-electron chi connectivity index (χ3n) is 3.16. The molecule has 0 N–H and O–H groups in total. The quantitative estimate of drug-likeness (QED) is 0.593. The van der Waals surface area contributed by atoms with Gasteiger partial charge in [-0.15, -0.1) is 5.10 Å². The Balaban J connectivity index is 2.22. The predicted octanol–water partition coefficient (Wildman–Crippen LogP) is 3.18. The van der Waals surface area contributed by atoms with E-state index in [0.29, 0.717) is 5.75 Å². The summed E-state index contributed by atoms with van der Waals surface area (Å²) in [5, 5.41) is 14.7. The first-order valence-corrected chi connectivity index (χ1v) is 6.79. The van der Waals surface area contributed by atoms with E-state index in [1.807, 2.05) is 0 Å². The van der Waals surface area contributed by atoms with Crippen LogP contribution in [0.4, 0.5) is 18.9 Å². The number of ether oxygens (including phenoxy) is 2. The minimum atomic E-state index is -4.65. The van der Waals surface area contributed by atoms with Crippen LogP contribution in [0.2, 0.25) is 0 Å². The Morgan fingerprint density at radius 3 is 2.46 bits per heavy atom. The van der Waals surface area contributed by atoms with Crippen molar-refractivity contribution in [1.29, 1.82) is 0 Å². The summed E-state index contributed by atoms with van der Waals surface area (Å²) in [4.78, 5) is 10.1. The Bertz CT molecular complexity index is 713. The summed E-state index contributed by atoms with van der Waals surface area (Å²) in [7, 11) is 1.51. The van der Waals surface area contributed by atoms with Gasteiger partial charge in [0.1, 0.15) is 11.9 Å². The van der Waals surface area contributed by atoms with Gasteiger partial charge in [-0.3, -0.25) is 14.8 Å². The number of nitro groups is 1. The zero-order valence-corrected chi connectivity index (χ0v) is 12.8. The highest BCUT2D eigenvalue weighted by Crippen LogP contribution is 2.30. The van der Waals surface area contributed by atoms with Crippen molar-refractivity contribution in [1.82, 2.24) is 9.78 Å². The van der Waals surface area contributed by atoms with Gasteiger partial charge in [-0.25, -0.2) is 0 Å². The lowest BCUT2D eigenvalue weighted by Gasteiger charge is -2.15. The molecule has 0 spiro atoms. The van der Waals surface area contributed by atoms with Crippen LogP contribution in [0.15, 0.2) is 30.5 Å². The Morgan fingerprint density at radius 1 is 1.33 bits per heavy atom. The van der Waals surface area contributed by atoms with E-state index < -0.39 is 28.8 Å². The van der Waals surface area contributed by atoms with Gasteiger partial charge in [-0.05, 0) is 24.6 Å². The van der Waals surface area contributed by atoms with E-state index in [1.165, 1.54) is 7.11 Å². The maximum Gasteiger partial charge on any atom is 0.425 e. The number of halogens is 3. The van der Waals surface area contributed by atoms with Gasteiger partial charge in [-0.1, -0.05) is 12.1 Å². The minimum Gasteiger partial charge on any atom is -0.497 e. The van der Waals surface area contributed by atoms with Gasteiger partial charge in [0.05, 0.1) is 18.6 Å². The van der Waals surface area contributed by atoms with Gasteiger partial charge in [0.2, 0.25) is 0 Å². The Kier molecular flexibility index (Phi) is 4.96. The molecule has 0 aliphatic rings. The lowest BCUT2D eigenvalue weighted by Crippen LogP contribution is -2.31. The Morgan fingerprint density at radius 2 is 1.96 bits per heavy atom. The molecule has 0 amide bonds. The van der Waals surface area contributed by atoms with Gasteiger partial charge >= 0.3 is 17.7 Å². The normalized spacial score (nSPS) is 12.7. The molecular formula is C14H14F3N3O4. The first-order chi connectivity index (χ1) is 11.2. The molecule has 0 fully saturated rings. The number of methoxy groups -OCH3 is 1. The average molecular weight is 345 g/mol. The maximum atomic E-state index is 12.6. The van der Waals surface area contributed by atoms with Gasteiger partial charge in [-0.2, -0.15) is 13.2 Å². The van der Waals surface area contributed by atoms with Crippen molar-refractivity contribution >= 4 is 5.69 Å². The summed E-state index contributed by atoms with van der Waals surface area (Å²) in [6, 6.07) is 6.81. The fourth-order valence-corrected chi connectivity index (χ4v) is 1.84. The number of aromatic nitrogens is 2. The van der Waals surface area contributed by atoms with Crippen LogP contribution < -0.4 is 9.47 Å². The summed E-state index contributed by atoms with van der Waals surface area (Å²) >= 11 is 0. The van der Waals surface area contributed by atoms with E-state index in [1.54, 1.807) is 24.3 Å². The first-order valence-electron chi connectivity index (χ1n) is 6.79. The van der Waals surface area contributed by atoms with Crippen LogP contribution in [0.25, 0.3) is 0 Å². The van der Waals surface area contributed by atoms with Crippen LogP contribution in [0, 0.1) is 10.1 Å². The molecular weight excluding hydrogens is 331 g/mol. The van der Waals surface area contributed by atoms with Gasteiger partial charge < -0.3 is 9.47 Å². The second kappa shape index (κ2) is 6.77. The molecule has 0 saturated heterocycles. The summed E-state index contributed by atoms with van der Waals surface area (Å²) in [5.74, 6) is -0.0356. The maximum absolute atomic E-state index is 12.6. The van der Waals surface area contributed by atoms with Crippen LogP contribution >= 0.6 is 0 Å². The molecule has 1 aromatic carbocycles. The van der Waals surface area contributed by atoms with Crippen LogP contribution in [-0.2, 0) is 6.54 Å². The molecule has 7 nitrogen and oxygen atoms in total. The highest BCUT2D eigenvalue weighted by atomic mass is 19.4. The summed E-state index contributed by atoms with van der Waals surface area (Å²) in [5.41, 5.74) is 0.114. The van der Waals surface area contributed by atoms with E-state index in [2.05, 4.69) is 9.84 Å². The fourth-order valence-electron chi connectivity index (χ4n) is 1.84. The van der Waals surface area contributed by atoms with E-state index in [0.717, 1.165) is 23.4 Å². The molecule has 0 unspecified atom stereocenters. The molecule has 1 aromatic heterocycles. The Labute approximate surface area is 134 Å². The SMILES string of the molecule is COc1ccc(Cn2cc([N+](=O)[O-])c(O[C@H](C)C(F)(F)F)n2)cc1. The summed E-state index contributed by atoms with van der Waals surface area (Å²) in [6.45, 7) is 0.890. The molecule has 130 valence electrons. The zero-order valence-electron chi connectivity index (χ0n) is 12.8. The third-order valence-corrected chi connectivity index (χ3v) is 3.16. The first kappa shape index (κ1) is 17.6. The molecule has 2 rings (SSSR count). The topological polar surface area (TPSA) is 79.4 Å². The number of alkyl halides is 3. The smallest absolute Gasteiger partial charge is 0.425 e. The molecule has 0 radical (unpaired) electrons. The van der Waals surface area contributed by atoms with E-state index >= 15 is 0 Å². The highest BCUT2D eigenvalue weighted by molar-refractivity contribution is 5.39. The second-order valence-corrected chi connectivity index (χ2v) is 4.92. The summed E-state index contributed by atoms with van der Waals surface area (Å²) in [6.07, 6.45) is -5.82. The lowest BCUT2D eigenvalue weighted by atomic mass is 10.2. The van der Waals surface area contributed by atoms with Crippen LogP contribution in [-0.4, -0.2) is 34.1 Å². The second-order valence-electron chi connectivity index (χ2n) is 4.92. The molecule has 0 aliphatic heterocycles. The molecule has 1 heterocycles. The number of benzene rings is 1. The van der Waals surface area contributed by atoms with Gasteiger partial charge in [0.15, 0.2) is 6.10 Å². The lowest BCUT2D eigenvalue weighted by molar-refractivity contribution is -0.386. The molecule has 0 bridgehead atoms. The molecule has 2 aromatic rings. The largest absolute Gasteiger partial charge is 0.497 e. The number of rotatable bonds is 6. The van der Waals surface area contributed by atoms with Gasteiger partial charge in [0, 0.05) is 0 Å². The summed E-state index contributed by atoms with van der Waals surface area (Å²) < 4.78 is 48.4. The molecule has 0 saturated carbocycles. The van der Waals surface area contributed by atoms with Crippen molar-refractivity contribution < 1.29 is 27.6 Å². The molecule has 24 heavy (non-hydrogen) atoms. The van der Waals surface area contributed by atoms with Crippen molar-refractivity contribution in [3.05, 3.63) is 46.1 Å². The van der Waals surface area contributed by atoms with Crippen LogP contribution in [0.5, 0.6) is 11.6 Å². The monoisotopic (exact) mass is 345 g/mol. The fraction of sp³-hybridized carbons (Fsp3) is 0.357. The van der Waals surface area contributed by atoms with Crippen molar-refractivity contribution in [2.24, 2.45) is 0 Å². The van der Waals surface area contributed by atoms with Crippen LogP contribution in [0.1, 0.15) is 12.5 Å². The number of hydrogen-bond donors (Lipinski definition) is 0. The van der Waals surface area contributed by atoms with Crippen molar-refractivity contribution in [2.75, 3.05) is 7.11 Å². The van der Waals surface area contributed by atoms with Crippen molar-refractivity contribution in [3.63, 3.8) is 0 Å². The van der Waals surface area contributed by atoms with E-state index in [-0.39, 0.29) is 6.54 Å². The highest BCUT2D eigenvalue weighted by Gasteiger charge is 2.40. The van der Waals surface area contributed by atoms with Crippen LogP contribution in [0.3, 0.4) is 0 Å². The van der Waals surface area contributed by atoms with Crippen molar-refractivity contribution in [2.45, 2.75) is 25.7 Å². The standard InChI is InChI=1S/C14H14F3N3O4/c1-9(14(15,16)17)24-13-12(20(21)22)8-19(18-13)7-10-3-5-11(23-2)6-4-10/h3-6,8-9H,7H2,1-2H3/t9-/m1/s1. The Hall–Kier alpha value is -2.78.